The quantitative estimate of drug-likeness (QED) is 0.544. The van der Waals surface area contributed by atoms with Gasteiger partial charge < -0.3 is 19.9 Å². The van der Waals surface area contributed by atoms with Crippen LogP contribution < -0.4 is 9.67 Å². The summed E-state index contributed by atoms with van der Waals surface area (Å²) in [6.45, 7) is 2.29. The molecule has 28 heavy (non-hydrogen) atoms. The Balaban J connectivity index is 1.51. The van der Waals surface area contributed by atoms with Crippen LogP contribution in [0.3, 0.4) is 0 Å². The maximum atomic E-state index is 12.3. The maximum Gasteiger partial charge on any atom is 0.232 e. The topological polar surface area (TPSA) is 84.5 Å². The number of pyridine rings is 1. The maximum absolute atomic E-state index is 12.3. The predicted molar refractivity (Wildman–Crippen MR) is 104 cm³/mol. The van der Waals surface area contributed by atoms with Crippen LogP contribution in [0.1, 0.15) is 12.5 Å². The fourth-order valence-corrected chi connectivity index (χ4v) is 7.12. The van der Waals surface area contributed by atoms with Crippen molar-refractivity contribution in [3.8, 4) is 0 Å². The van der Waals surface area contributed by atoms with Crippen molar-refractivity contribution >= 4 is 35.4 Å². The number of carboxylic acids is 1. The summed E-state index contributed by atoms with van der Waals surface area (Å²) in [6.07, 6.45) is 3.19. The van der Waals surface area contributed by atoms with Crippen LogP contribution in [0.4, 0.5) is 0 Å². The van der Waals surface area contributed by atoms with E-state index in [0.717, 1.165) is 10.5 Å². The zero-order chi connectivity index (χ0) is 19.8. The van der Waals surface area contributed by atoms with Gasteiger partial charge in [-0.25, -0.2) is 4.57 Å². The van der Waals surface area contributed by atoms with Gasteiger partial charge in [0.15, 0.2) is 18.9 Å². The number of amides is 1. The van der Waals surface area contributed by atoms with E-state index in [-0.39, 0.29) is 15.9 Å². The number of benzene rings is 1. The Morgan fingerprint density at radius 1 is 1.32 bits per heavy atom. The molecule has 1 aromatic carbocycles. The Labute approximate surface area is 171 Å². The van der Waals surface area contributed by atoms with Gasteiger partial charge in [-0.1, -0.05) is 18.2 Å². The molecule has 0 saturated carbocycles. The first-order chi connectivity index (χ1) is 13.5. The van der Waals surface area contributed by atoms with Gasteiger partial charge in [0.1, 0.15) is 0 Å². The lowest BCUT2D eigenvalue weighted by molar-refractivity contribution is -0.688. The molecule has 0 bridgehead atoms. The highest BCUT2D eigenvalue weighted by atomic mass is 32.2. The second-order valence-electron chi connectivity index (χ2n) is 6.98. The number of carbonyl (C=O) groups excluding carboxylic acids is 2. The number of aromatic nitrogens is 1. The van der Waals surface area contributed by atoms with Gasteiger partial charge in [-0.15, -0.1) is 23.5 Å². The fourth-order valence-electron chi connectivity index (χ4n) is 3.66. The van der Waals surface area contributed by atoms with Crippen LogP contribution in [0.2, 0.25) is 0 Å². The second-order valence-corrected chi connectivity index (χ2v) is 9.76. The van der Waals surface area contributed by atoms with Crippen LogP contribution in [0, 0.1) is 5.92 Å². The van der Waals surface area contributed by atoms with Gasteiger partial charge in [-0.3, -0.25) is 4.79 Å². The number of aliphatic hydroxyl groups excluding tert-OH is 1. The van der Waals surface area contributed by atoms with E-state index in [1.165, 1.54) is 28.4 Å². The summed E-state index contributed by atoms with van der Waals surface area (Å²) in [5, 5.41) is 21.2. The van der Waals surface area contributed by atoms with Crippen LogP contribution >= 0.6 is 23.5 Å². The van der Waals surface area contributed by atoms with E-state index in [9.17, 15) is 19.8 Å². The number of carboxylic acid groups (broad SMARTS) is 1. The molecule has 8 heteroatoms. The minimum absolute atomic E-state index is 0.306. The first kappa shape index (κ1) is 19.3. The number of hydrogen-bond donors (Lipinski definition) is 1. The molecule has 1 aromatic heterocycles. The third kappa shape index (κ3) is 3.52. The number of nitrogens with zero attached hydrogens (tertiary/aromatic N) is 2. The van der Waals surface area contributed by atoms with Crippen LogP contribution in [0.5, 0.6) is 0 Å². The molecule has 2 aromatic rings. The zero-order valence-electron chi connectivity index (χ0n) is 15.2. The average Bonchev–Trinajstić information content (AvgIpc) is 2.97. The highest BCUT2D eigenvalue weighted by Crippen LogP contribution is 2.53. The highest BCUT2D eigenvalue weighted by molar-refractivity contribution is 8.17. The molecule has 1 amide bonds. The molecule has 0 spiro atoms. The van der Waals surface area contributed by atoms with Crippen LogP contribution in [-0.2, 0) is 16.1 Å². The lowest BCUT2D eigenvalue weighted by Crippen LogP contribution is -2.65. The Morgan fingerprint density at radius 2 is 2.07 bits per heavy atom. The van der Waals surface area contributed by atoms with Gasteiger partial charge in [0.05, 0.1) is 34.0 Å². The summed E-state index contributed by atoms with van der Waals surface area (Å²) >= 11 is 2.86. The monoisotopic (exact) mass is 416 g/mol. The highest BCUT2D eigenvalue weighted by Gasteiger charge is 2.60. The van der Waals surface area contributed by atoms with Gasteiger partial charge in [-0.05, 0) is 19.1 Å². The Hall–Kier alpha value is -2.03. The van der Waals surface area contributed by atoms with E-state index in [0.29, 0.717) is 6.54 Å². The van der Waals surface area contributed by atoms with Gasteiger partial charge in [0.25, 0.3) is 0 Å². The van der Waals surface area contributed by atoms with E-state index in [1.807, 2.05) is 54.9 Å². The average molecular weight is 417 g/mol. The second kappa shape index (κ2) is 7.77. The number of thioether (sulfide) groups is 2. The molecule has 1 N–H and O–H groups in total. The minimum atomic E-state index is -1.25. The molecule has 3 heterocycles. The molecule has 0 aliphatic carbocycles. The third-order valence-electron chi connectivity index (χ3n) is 5.01. The van der Waals surface area contributed by atoms with E-state index < -0.39 is 24.0 Å². The molecule has 2 fully saturated rings. The molecule has 2 unspecified atom stereocenters. The summed E-state index contributed by atoms with van der Waals surface area (Å²) in [5.74, 6) is -2.10. The number of rotatable bonds is 6. The first-order valence-electron chi connectivity index (χ1n) is 9.02. The van der Waals surface area contributed by atoms with Crippen LogP contribution in [0.25, 0.3) is 0 Å². The molecule has 6 nitrogen and oxygen atoms in total. The Kier molecular flexibility index (Phi) is 5.35. The SMILES string of the molecule is C[C@@H](O)[C@H]1C(=O)N2C(C(=O)[O-])C(Sc3cccc(C[n+]4ccccc4)c3)S[C@H]12. The third-order valence-corrected chi connectivity index (χ3v) is 7.97. The van der Waals surface area contributed by atoms with Crippen molar-refractivity contribution in [1.29, 1.82) is 0 Å². The normalized spacial score (nSPS) is 27.2. The standard InChI is InChI=1S/C20H20N2O4S2/c1-12(23)15-17(24)22-16(19(25)26)20(28-18(15)22)27-14-7-5-6-13(10-14)11-21-8-3-2-4-9-21/h2-10,12,15-16,18,20,23H,11H2,1H3/t12-,15+,16?,18-,20?/m1/s1. The van der Waals surface area contributed by atoms with Gasteiger partial charge in [0.2, 0.25) is 5.91 Å². The molecular formula is C20H20N2O4S2. The summed E-state index contributed by atoms with van der Waals surface area (Å²) in [6, 6.07) is 12.9. The van der Waals surface area contributed by atoms with Crippen molar-refractivity contribution in [1.82, 2.24) is 4.90 Å². The van der Waals surface area contributed by atoms with E-state index in [1.54, 1.807) is 6.92 Å². The van der Waals surface area contributed by atoms with E-state index in [4.69, 9.17) is 0 Å². The lowest BCUT2D eigenvalue weighted by atomic mass is 9.91. The number of fused-ring (bicyclic) bond motifs is 1. The number of aliphatic hydroxyl groups is 1. The molecule has 5 atom stereocenters. The molecular weight excluding hydrogens is 396 g/mol. The van der Waals surface area contributed by atoms with Crippen LogP contribution in [-0.4, -0.2) is 44.0 Å². The number of carbonyl (C=O) groups is 2. The van der Waals surface area contributed by atoms with Crippen molar-refractivity contribution in [2.45, 2.75) is 40.5 Å². The van der Waals surface area contributed by atoms with Crippen LogP contribution in [0.15, 0.2) is 59.8 Å². The number of hydrogen-bond acceptors (Lipinski definition) is 6. The Morgan fingerprint density at radius 3 is 2.75 bits per heavy atom. The van der Waals surface area contributed by atoms with Gasteiger partial charge in [0, 0.05) is 22.6 Å². The van der Waals surface area contributed by atoms with E-state index >= 15 is 0 Å². The van der Waals surface area contributed by atoms with Crippen molar-refractivity contribution in [3.05, 3.63) is 60.4 Å². The zero-order valence-corrected chi connectivity index (χ0v) is 16.8. The largest absolute Gasteiger partial charge is 0.548 e. The molecule has 2 saturated heterocycles. The van der Waals surface area contributed by atoms with Crippen molar-refractivity contribution in [2.75, 3.05) is 0 Å². The molecule has 4 rings (SSSR count). The summed E-state index contributed by atoms with van der Waals surface area (Å²) in [7, 11) is 0. The van der Waals surface area contributed by atoms with Crippen molar-refractivity contribution in [3.63, 3.8) is 0 Å². The van der Waals surface area contributed by atoms with Crippen molar-refractivity contribution in [2.24, 2.45) is 5.92 Å². The number of aliphatic carboxylic acids is 1. The molecule has 2 aliphatic rings. The van der Waals surface area contributed by atoms with E-state index in [2.05, 4.69) is 4.57 Å². The fraction of sp³-hybridized carbons (Fsp3) is 0.350. The van der Waals surface area contributed by atoms with Crippen molar-refractivity contribution < 1.29 is 24.4 Å². The summed E-state index contributed by atoms with van der Waals surface area (Å²) in [4.78, 5) is 26.3. The smallest absolute Gasteiger partial charge is 0.232 e. The summed E-state index contributed by atoms with van der Waals surface area (Å²) < 4.78 is 1.69. The van der Waals surface area contributed by atoms with Gasteiger partial charge in [-0.2, -0.15) is 0 Å². The summed E-state index contributed by atoms with van der Waals surface area (Å²) in [5.41, 5.74) is 1.11. The lowest BCUT2D eigenvalue weighted by Gasteiger charge is -2.45. The number of β-lactam (4-membered cyclic amide) rings is 1. The molecule has 2 aliphatic heterocycles. The molecule has 0 radical (unpaired) electrons. The first-order valence-corrected chi connectivity index (χ1v) is 10.8. The minimum Gasteiger partial charge on any atom is -0.548 e. The Bertz CT molecular complexity index is 893. The molecule has 146 valence electrons. The predicted octanol–water partition coefficient (Wildman–Crippen LogP) is 0.471. The van der Waals surface area contributed by atoms with Gasteiger partial charge >= 0.3 is 0 Å².